The molecule has 0 aliphatic carbocycles. The Balaban J connectivity index is 2.26. The van der Waals surface area contributed by atoms with Crippen LogP contribution in [0.25, 0.3) is 0 Å². The fraction of sp³-hybridized carbons (Fsp3) is 0.818. The molecule has 0 aromatic rings. The second kappa shape index (κ2) is 3.45. The average Bonchev–Trinajstić information content (AvgIpc) is 2.59. The highest BCUT2D eigenvalue weighted by atomic mass is 16.5. The highest BCUT2D eigenvalue weighted by Crippen LogP contribution is 2.29. The summed E-state index contributed by atoms with van der Waals surface area (Å²) < 4.78 is 5.34. The van der Waals surface area contributed by atoms with Crippen molar-refractivity contribution >= 4 is 11.8 Å². The van der Waals surface area contributed by atoms with E-state index in [1.54, 1.807) is 18.7 Å². The van der Waals surface area contributed by atoms with Crippen molar-refractivity contribution in [1.29, 1.82) is 0 Å². The first-order valence-corrected chi connectivity index (χ1v) is 5.56. The molecule has 0 aromatic heterocycles. The lowest BCUT2D eigenvalue weighted by molar-refractivity contribution is -0.154. The summed E-state index contributed by atoms with van der Waals surface area (Å²) in [4.78, 5) is 25.5. The minimum Gasteiger partial charge on any atom is -0.379 e. The maximum atomic E-state index is 12.2. The van der Waals surface area contributed by atoms with Gasteiger partial charge in [-0.1, -0.05) is 0 Å². The molecule has 0 saturated carbocycles. The number of carbonyl (C=O) groups excluding carboxylic acids is 2. The van der Waals surface area contributed by atoms with Crippen LogP contribution in [0.2, 0.25) is 0 Å². The molecule has 2 aliphatic rings. The van der Waals surface area contributed by atoms with Crippen molar-refractivity contribution in [2.24, 2.45) is 0 Å². The molecule has 2 saturated heterocycles. The summed E-state index contributed by atoms with van der Waals surface area (Å²) >= 11 is 0. The first-order chi connectivity index (χ1) is 7.35. The smallest absolute Gasteiger partial charge is 0.248 e. The largest absolute Gasteiger partial charge is 0.379 e. The minimum absolute atomic E-state index is 0.0277. The molecule has 0 spiro atoms. The van der Waals surface area contributed by atoms with Gasteiger partial charge < -0.3 is 15.0 Å². The second-order valence-corrected chi connectivity index (χ2v) is 5.36. The number of rotatable bonds is 1. The summed E-state index contributed by atoms with van der Waals surface area (Å²) in [7, 11) is 0. The molecule has 1 unspecified atom stereocenters. The quantitative estimate of drug-likeness (QED) is 0.679. The van der Waals surface area contributed by atoms with Gasteiger partial charge in [0.15, 0.2) is 0 Å². The van der Waals surface area contributed by atoms with Gasteiger partial charge in [-0.05, 0) is 27.2 Å². The van der Waals surface area contributed by atoms with E-state index >= 15 is 0 Å². The summed E-state index contributed by atoms with van der Waals surface area (Å²) in [5, 5.41) is 2.71. The van der Waals surface area contributed by atoms with E-state index in [4.69, 9.17) is 4.74 Å². The van der Waals surface area contributed by atoms with Crippen LogP contribution in [-0.2, 0) is 14.3 Å². The van der Waals surface area contributed by atoms with Crippen molar-refractivity contribution < 1.29 is 14.3 Å². The summed E-state index contributed by atoms with van der Waals surface area (Å²) in [6.45, 7) is 6.76. The summed E-state index contributed by atoms with van der Waals surface area (Å²) in [5.41, 5.74) is -1.13. The molecule has 2 heterocycles. The molecule has 0 bridgehead atoms. The number of carbonyl (C=O) groups is 2. The maximum Gasteiger partial charge on any atom is 0.248 e. The molecule has 2 amide bonds. The van der Waals surface area contributed by atoms with Gasteiger partial charge in [0, 0.05) is 6.61 Å². The number of nitrogens with zero attached hydrogens (tertiary/aromatic N) is 1. The standard InChI is InChI=1S/C11H18N2O3/c1-10(2)9(15)13(6-8(14)12-10)11(3)4-5-16-7-11/h4-7H2,1-3H3,(H,12,14). The topological polar surface area (TPSA) is 58.6 Å². The zero-order valence-electron chi connectivity index (χ0n) is 10.0. The van der Waals surface area contributed by atoms with Gasteiger partial charge in [-0.15, -0.1) is 0 Å². The lowest BCUT2D eigenvalue weighted by Crippen LogP contribution is -2.68. The lowest BCUT2D eigenvalue weighted by Gasteiger charge is -2.45. The van der Waals surface area contributed by atoms with Crippen molar-refractivity contribution in [2.75, 3.05) is 19.8 Å². The van der Waals surface area contributed by atoms with Gasteiger partial charge in [0.25, 0.3) is 0 Å². The lowest BCUT2D eigenvalue weighted by atomic mass is 9.92. The number of hydrogen-bond donors (Lipinski definition) is 1. The van der Waals surface area contributed by atoms with Gasteiger partial charge in [-0.3, -0.25) is 9.59 Å². The molecule has 5 heteroatoms. The highest BCUT2D eigenvalue weighted by molar-refractivity contribution is 5.97. The molecule has 2 aliphatic heterocycles. The molecule has 1 atom stereocenters. The Bertz CT molecular complexity index is 332. The Hall–Kier alpha value is -1.10. The first kappa shape index (κ1) is 11.4. The predicted octanol–water partition coefficient (Wildman–Crippen LogP) is -0.0976. The second-order valence-electron chi connectivity index (χ2n) is 5.36. The molecule has 0 aromatic carbocycles. The van der Waals surface area contributed by atoms with E-state index in [0.29, 0.717) is 13.2 Å². The molecule has 90 valence electrons. The van der Waals surface area contributed by atoms with E-state index in [9.17, 15) is 9.59 Å². The van der Waals surface area contributed by atoms with E-state index in [-0.39, 0.29) is 23.9 Å². The van der Waals surface area contributed by atoms with Gasteiger partial charge in [-0.2, -0.15) is 0 Å². The minimum atomic E-state index is -0.805. The average molecular weight is 226 g/mol. The molecular formula is C11H18N2O3. The maximum absolute atomic E-state index is 12.2. The van der Waals surface area contributed by atoms with Gasteiger partial charge in [-0.25, -0.2) is 0 Å². The van der Waals surface area contributed by atoms with Crippen LogP contribution >= 0.6 is 0 Å². The van der Waals surface area contributed by atoms with E-state index in [0.717, 1.165) is 6.42 Å². The van der Waals surface area contributed by atoms with Crippen molar-refractivity contribution in [3.63, 3.8) is 0 Å². The monoisotopic (exact) mass is 226 g/mol. The van der Waals surface area contributed by atoms with Crippen LogP contribution in [0.1, 0.15) is 27.2 Å². The third-order valence-electron chi connectivity index (χ3n) is 3.38. The van der Waals surface area contributed by atoms with E-state index in [1.807, 2.05) is 6.92 Å². The van der Waals surface area contributed by atoms with Gasteiger partial charge >= 0.3 is 0 Å². The van der Waals surface area contributed by atoms with Crippen LogP contribution in [-0.4, -0.2) is 47.6 Å². The SMILES string of the molecule is CC1(C)NC(=O)CN(C2(C)CCOC2)C1=O. The first-order valence-electron chi connectivity index (χ1n) is 5.56. The van der Waals surface area contributed by atoms with Gasteiger partial charge in [0.2, 0.25) is 11.8 Å². The van der Waals surface area contributed by atoms with E-state index in [1.165, 1.54) is 0 Å². The molecule has 2 rings (SSSR count). The molecule has 5 nitrogen and oxygen atoms in total. The predicted molar refractivity (Wildman–Crippen MR) is 57.8 cm³/mol. The van der Waals surface area contributed by atoms with Gasteiger partial charge in [0.05, 0.1) is 12.1 Å². The number of amides is 2. The fourth-order valence-corrected chi connectivity index (χ4v) is 2.30. The third-order valence-corrected chi connectivity index (χ3v) is 3.38. The highest BCUT2D eigenvalue weighted by Gasteiger charge is 2.47. The number of ether oxygens (including phenoxy) is 1. The molecule has 0 radical (unpaired) electrons. The zero-order chi connectivity index (χ0) is 12.0. The Labute approximate surface area is 95.1 Å². The fourth-order valence-electron chi connectivity index (χ4n) is 2.30. The Morgan fingerprint density at radius 2 is 2.00 bits per heavy atom. The van der Waals surface area contributed by atoms with Crippen LogP contribution < -0.4 is 5.32 Å². The van der Waals surface area contributed by atoms with Crippen molar-refractivity contribution in [1.82, 2.24) is 10.2 Å². The number of hydrogen-bond acceptors (Lipinski definition) is 3. The third kappa shape index (κ3) is 1.69. The van der Waals surface area contributed by atoms with Crippen LogP contribution in [0.15, 0.2) is 0 Å². The van der Waals surface area contributed by atoms with Crippen LogP contribution in [0.5, 0.6) is 0 Å². The molecule has 16 heavy (non-hydrogen) atoms. The van der Waals surface area contributed by atoms with Crippen LogP contribution in [0, 0.1) is 0 Å². The normalized spacial score (nSPS) is 34.1. The summed E-state index contributed by atoms with van der Waals surface area (Å²) in [6.07, 6.45) is 0.794. The summed E-state index contributed by atoms with van der Waals surface area (Å²) in [5.74, 6) is -0.127. The van der Waals surface area contributed by atoms with E-state index < -0.39 is 5.54 Å². The summed E-state index contributed by atoms with van der Waals surface area (Å²) in [6, 6.07) is 0. The van der Waals surface area contributed by atoms with Crippen molar-refractivity contribution in [3.8, 4) is 0 Å². The van der Waals surface area contributed by atoms with Crippen molar-refractivity contribution in [3.05, 3.63) is 0 Å². The van der Waals surface area contributed by atoms with E-state index in [2.05, 4.69) is 5.32 Å². The Kier molecular flexibility index (Phi) is 2.45. The zero-order valence-corrected chi connectivity index (χ0v) is 10.0. The Morgan fingerprint density at radius 3 is 2.56 bits per heavy atom. The molecular weight excluding hydrogens is 208 g/mol. The molecule has 2 fully saturated rings. The van der Waals surface area contributed by atoms with Crippen LogP contribution in [0.4, 0.5) is 0 Å². The van der Waals surface area contributed by atoms with Crippen molar-refractivity contribution in [2.45, 2.75) is 38.3 Å². The van der Waals surface area contributed by atoms with Gasteiger partial charge in [0.1, 0.15) is 12.1 Å². The molecule has 1 N–H and O–H groups in total. The Morgan fingerprint density at radius 1 is 1.31 bits per heavy atom. The van der Waals surface area contributed by atoms with Crippen LogP contribution in [0.3, 0.4) is 0 Å². The number of nitrogens with one attached hydrogen (secondary N) is 1. The number of piperazine rings is 1.